The van der Waals surface area contributed by atoms with Gasteiger partial charge < -0.3 is 14.6 Å². The molecule has 0 bridgehead atoms. The zero-order valence-electron chi connectivity index (χ0n) is 19.2. The van der Waals surface area contributed by atoms with Crippen molar-refractivity contribution in [3.05, 3.63) is 75.2 Å². The number of hydrogen-bond donors (Lipinski definition) is 1. The molecule has 1 aliphatic rings. The lowest BCUT2D eigenvalue weighted by atomic mass is 9.92. The van der Waals surface area contributed by atoms with Crippen molar-refractivity contribution < 1.29 is 19.1 Å². The Balaban J connectivity index is 1.50. The average molecular weight is 466 g/mol. The summed E-state index contributed by atoms with van der Waals surface area (Å²) in [6.07, 6.45) is 0.884. The van der Waals surface area contributed by atoms with Crippen molar-refractivity contribution >= 4 is 29.1 Å². The first kappa shape index (κ1) is 22.8. The third-order valence-electron chi connectivity index (χ3n) is 6.28. The normalized spacial score (nSPS) is 18.0. The molecule has 0 aliphatic carbocycles. The largest absolute Gasteiger partial charge is 0.497 e. The molecule has 0 spiro atoms. The van der Waals surface area contributed by atoms with E-state index in [0.29, 0.717) is 16.9 Å². The number of imide groups is 1. The number of nitrogens with one attached hydrogen (secondary N) is 1. The number of nitrogens with zero attached hydrogens (tertiary/aromatic N) is 2. The van der Waals surface area contributed by atoms with Gasteiger partial charge in [-0.15, -0.1) is 11.3 Å². The lowest BCUT2D eigenvalue weighted by Gasteiger charge is -2.22. The fraction of sp³-hybridized carbons (Fsp3) is 0.320. The molecule has 4 rings (SSSR count). The van der Waals surface area contributed by atoms with Gasteiger partial charge in [0, 0.05) is 28.4 Å². The number of carbonyl (C=O) groups is 3. The summed E-state index contributed by atoms with van der Waals surface area (Å²) >= 11 is 1.71. The highest BCUT2D eigenvalue weighted by Gasteiger charge is 2.49. The summed E-state index contributed by atoms with van der Waals surface area (Å²) in [6, 6.07) is 12.3. The zero-order valence-corrected chi connectivity index (χ0v) is 20.0. The highest BCUT2D eigenvalue weighted by molar-refractivity contribution is 7.09. The van der Waals surface area contributed by atoms with E-state index in [9.17, 15) is 14.4 Å². The maximum atomic E-state index is 13.2. The first-order valence-corrected chi connectivity index (χ1v) is 11.6. The predicted molar refractivity (Wildman–Crippen MR) is 127 cm³/mol. The van der Waals surface area contributed by atoms with Gasteiger partial charge in [-0.3, -0.25) is 14.5 Å². The smallest absolute Gasteiger partial charge is 0.325 e. The standard InChI is InChI=1S/C25H27N3O4S/c1-16-14-21(17(2)27(16)12-11-20-6-5-13-33-20)22(29)15-28-23(30)25(3,26-24(28)31)18-7-9-19(32-4)10-8-18/h5-10,13-14H,11-12,15H2,1-4H3,(H,26,31)/t25-/m1/s1. The Hall–Kier alpha value is -3.39. The monoisotopic (exact) mass is 465 g/mol. The molecule has 0 unspecified atom stereocenters. The summed E-state index contributed by atoms with van der Waals surface area (Å²) in [5.41, 5.74) is 1.76. The molecule has 1 atom stereocenters. The molecule has 3 heterocycles. The molecule has 3 aromatic rings. The van der Waals surface area contributed by atoms with Crippen LogP contribution in [0.1, 0.15) is 39.1 Å². The second kappa shape index (κ2) is 8.86. The van der Waals surface area contributed by atoms with E-state index >= 15 is 0 Å². The number of ketones is 1. The Bertz CT molecular complexity index is 1200. The highest BCUT2D eigenvalue weighted by Crippen LogP contribution is 2.30. The van der Waals surface area contributed by atoms with E-state index in [-0.39, 0.29) is 12.3 Å². The van der Waals surface area contributed by atoms with Gasteiger partial charge in [-0.05, 0) is 62.4 Å². The molecule has 7 nitrogen and oxygen atoms in total. The van der Waals surface area contributed by atoms with Crippen molar-refractivity contribution in [2.75, 3.05) is 13.7 Å². The number of urea groups is 1. The Kier molecular flexibility index (Phi) is 6.12. The van der Waals surface area contributed by atoms with Gasteiger partial charge in [0.25, 0.3) is 5.91 Å². The number of hydrogen-bond acceptors (Lipinski definition) is 5. The summed E-state index contributed by atoms with van der Waals surface area (Å²) < 4.78 is 7.28. The molecule has 2 aromatic heterocycles. The van der Waals surface area contributed by atoms with Crippen LogP contribution in [0.5, 0.6) is 5.75 Å². The number of thiophene rings is 1. The van der Waals surface area contributed by atoms with Gasteiger partial charge in [-0.2, -0.15) is 0 Å². The second-order valence-corrected chi connectivity index (χ2v) is 9.40. The number of aryl methyl sites for hydroxylation is 2. The number of amides is 3. The molecule has 172 valence electrons. The zero-order chi connectivity index (χ0) is 23.8. The number of aromatic nitrogens is 1. The van der Waals surface area contributed by atoms with Crippen LogP contribution in [0, 0.1) is 13.8 Å². The molecule has 33 heavy (non-hydrogen) atoms. The van der Waals surface area contributed by atoms with E-state index in [1.165, 1.54) is 4.88 Å². The van der Waals surface area contributed by atoms with Gasteiger partial charge in [-0.1, -0.05) is 18.2 Å². The SMILES string of the molecule is COc1ccc([C@@]2(C)NC(=O)N(CC(=O)c3cc(C)n(CCc4cccs4)c3C)C2=O)cc1. The Morgan fingerprint density at radius 2 is 1.88 bits per heavy atom. The molecule has 0 saturated carbocycles. The third kappa shape index (κ3) is 4.18. The van der Waals surface area contributed by atoms with Crippen molar-refractivity contribution in [3.8, 4) is 5.75 Å². The first-order chi connectivity index (χ1) is 15.7. The van der Waals surface area contributed by atoms with Gasteiger partial charge >= 0.3 is 6.03 Å². The summed E-state index contributed by atoms with van der Waals surface area (Å²) in [6.45, 7) is 5.99. The quantitative estimate of drug-likeness (QED) is 0.402. The topological polar surface area (TPSA) is 80.6 Å². The van der Waals surface area contributed by atoms with E-state index in [2.05, 4.69) is 21.3 Å². The Morgan fingerprint density at radius 1 is 1.15 bits per heavy atom. The molecule has 1 N–H and O–H groups in total. The summed E-state index contributed by atoms with van der Waals surface area (Å²) in [5, 5.41) is 4.80. The molecule has 3 amide bonds. The maximum absolute atomic E-state index is 13.2. The van der Waals surface area contributed by atoms with Crippen LogP contribution in [-0.4, -0.2) is 40.8 Å². The minimum Gasteiger partial charge on any atom is -0.497 e. The maximum Gasteiger partial charge on any atom is 0.325 e. The second-order valence-electron chi connectivity index (χ2n) is 8.36. The van der Waals surface area contributed by atoms with Gasteiger partial charge in [0.1, 0.15) is 11.3 Å². The molecule has 1 saturated heterocycles. The van der Waals surface area contributed by atoms with Crippen molar-refractivity contribution in [3.63, 3.8) is 0 Å². The summed E-state index contributed by atoms with van der Waals surface area (Å²) in [4.78, 5) is 41.3. The minimum atomic E-state index is -1.23. The number of rotatable bonds is 8. The van der Waals surface area contributed by atoms with Gasteiger partial charge in [0.05, 0.1) is 13.7 Å². The van der Waals surface area contributed by atoms with Crippen LogP contribution in [0.15, 0.2) is 47.8 Å². The highest BCUT2D eigenvalue weighted by atomic mass is 32.1. The summed E-state index contributed by atoms with van der Waals surface area (Å²) in [7, 11) is 1.56. The fourth-order valence-electron chi connectivity index (χ4n) is 4.29. The lowest BCUT2D eigenvalue weighted by Crippen LogP contribution is -2.41. The van der Waals surface area contributed by atoms with E-state index in [1.807, 2.05) is 26.0 Å². The molecule has 1 aromatic carbocycles. The number of ether oxygens (including phenoxy) is 1. The number of Topliss-reactive ketones (excluding diaryl/α,β-unsaturated/α-hetero) is 1. The Morgan fingerprint density at radius 3 is 2.52 bits per heavy atom. The Labute approximate surface area is 197 Å². The van der Waals surface area contributed by atoms with Crippen LogP contribution in [0.4, 0.5) is 4.79 Å². The molecule has 1 aliphatic heterocycles. The van der Waals surface area contributed by atoms with Crippen LogP contribution in [0.25, 0.3) is 0 Å². The van der Waals surface area contributed by atoms with Gasteiger partial charge in [0.2, 0.25) is 0 Å². The first-order valence-electron chi connectivity index (χ1n) is 10.8. The van der Waals surface area contributed by atoms with E-state index in [4.69, 9.17) is 4.74 Å². The molecule has 1 fully saturated rings. The molecular weight excluding hydrogens is 438 g/mol. The third-order valence-corrected chi connectivity index (χ3v) is 7.22. The van der Waals surface area contributed by atoms with Crippen molar-refractivity contribution in [1.82, 2.24) is 14.8 Å². The van der Waals surface area contributed by atoms with Crippen LogP contribution < -0.4 is 10.1 Å². The molecule has 8 heteroatoms. The predicted octanol–water partition coefficient (Wildman–Crippen LogP) is 4.07. The number of methoxy groups -OCH3 is 1. The van der Waals surface area contributed by atoms with Crippen LogP contribution in [-0.2, 0) is 23.3 Å². The van der Waals surface area contributed by atoms with Crippen LogP contribution in [0.3, 0.4) is 0 Å². The van der Waals surface area contributed by atoms with Crippen molar-refractivity contribution in [1.29, 1.82) is 0 Å². The van der Waals surface area contributed by atoms with E-state index < -0.39 is 17.5 Å². The van der Waals surface area contributed by atoms with Crippen molar-refractivity contribution in [2.45, 2.75) is 39.3 Å². The number of benzene rings is 1. The van der Waals surface area contributed by atoms with E-state index in [1.54, 1.807) is 49.6 Å². The van der Waals surface area contributed by atoms with Crippen LogP contribution in [0.2, 0.25) is 0 Å². The van der Waals surface area contributed by atoms with Gasteiger partial charge in [-0.25, -0.2) is 4.79 Å². The van der Waals surface area contributed by atoms with Gasteiger partial charge in [0.15, 0.2) is 5.78 Å². The van der Waals surface area contributed by atoms with Crippen molar-refractivity contribution in [2.24, 2.45) is 0 Å². The van der Waals surface area contributed by atoms with E-state index in [0.717, 1.165) is 29.3 Å². The number of carbonyl (C=O) groups excluding carboxylic acids is 3. The molecular formula is C25H27N3O4S. The lowest BCUT2D eigenvalue weighted by molar-refractivity contribution is -0.130. The van der Waals surface area contributed by atoms with Crippen LogP contribution >= 0.6 is 11.3 Å². The summed E-state index contributed by atoms with van der Waals surface area (Å²) in [5.74, 6) is -0.0499. The average Bonchev–Trinajstić information content (AvgIpc) is 3.48. The molecule has 0 radical (unpaired) electrons. The fourth-order valence-corrected chi connectivity index (χ4v) is 4.99. The minimum absolute atomic E-state index is 0.257.